The number of benzene rings is 2. The van der Waals surface area contributed by atoms with E-state index in [0.29, 0.717) is 0 Å². The van der Waals surface area contributed by atoms with Crippen molar-refractivity contribution in [2.75, 3.05) is 0 Å². The zero-order chi connectivity index (χ0) is 14.9. The Balaban J connectivity index is 2.11. The molecule has 21 heavy (non-hydrogen) atoms. The first kappa shape index (κ1) is 13.7. The molecule has 0 aliphatic carbocycles. The summed E-state index contributed by atoms with van der Waals surface area (Å²) >= 11 is 0. The summed E-state index contributed by atoms with van der Waals surface area (Å²) in [7, 11) is 0. The molecule has 0 unspecified atom stereocenters. The van der Waals surface area contributed by atoms with Gasteiger partial charge < -0.3 is 4.74 Å². The van der Waals surface area contributed by atoms with Gasteiger partial charge in [0.05, 0.1) is 0 Å². The second-order valence-corrected chi connectivity index (χ2v) is 5.95. The van der Waals surface area contributed by atoms with Crippen molar-refractivity contribution in [3.8, 4) is 5.75 Å². The fourth-order valence-electron chi connectivity index (χ4n) is 2.64. The van der Waals surface area contributed by atoms with Crippen molar-refractivity contribution in [2.45, 2.75) is 26.4 Å². The van der Waals surface area contributed by atoms with Crippen LogP contribution >= 0.6 is 0 Å². The fourth-order valence-corrected chi connectivity index (χ4v) is 2.64. The lowest BCUT2D eigenvalue weighted by molar-refractivity contribution is 0.154. The summed E-state index contributed by atoms with van der Waals surface area (Å²) in [5, 5.41) is 0. The summed E-state index contributed by atoms with van der Waals surface area (Å²) in [5.74, 6) is 0.952. The summed E-state index contributed by atoms with van der Waals surface area (Å²) < 4.78 is 6.28. The minimum Gasteiger partial charge on any atom is -0.483 e. The van der Waals surface area contributed by atoms with Crippen molar-refractivity contribution < 1.29 is 4.74 Å². The topological polar surface area (TPSA) is 9.23 Å². The number of rotatable bonds is 1. The van der Waals surface area contributed by atoms with E-state index in [9.17, 15) is 0 Å². The molecule has 0 spiro atoms. The molecule has 0 amide bonds. The molecule has 1 nitrogen and oxygen atoms in total. The Morgan fingerprint density at radius 2 is 1.57 bits per heavy atom. The van der Waals surface area contributed by atoms with Gasteiger partial charge in [0.25, 0.3) is 0 Å². The van der Waals surface area contributed by atoms with E-state index in [2.05, 4.69) is 69.3 Å². The third-order valence-electron chi connectivity index (χ3n) is 3.87. The third kappa shape index (κ3) is 2.78. The smallest absolute Gasteiger partial charge is 0.128 e. The molecule has 2 aromatic carbocycles. The van der Waals surface area contributed by atoms with E-state index in [0.717, 1.165) is 5.75 Å². The van der Waals surface area contributed by atoms with Gasteiger partial charge in [0.2, 0.25) is 0 Å². The van der Waals surface area contributed by atoms with Crippen molar-refractivity contribution in [1.29, 1.82) is 0 Å². The molecule has 0 fully saturated rings. The van der Waals surface area contributed by atoms with Crippen molar-refractivity contribution in [3.63, 3.8) is 0 Å². The number of ether oxygens (including phenoxy) is 1. The van der Waals surface area contributed by atoms with E-state index in [-0.39, 0.29) is 5.60 Å². The molecule has 0 saturated heterocycles. The van der Waals surface area contributed by atoms with Crippen LogP contribution in [0.25, 0.3) is 11.6 Å². The van der Waals surface area contributed by atoms with Crippen LogP contribution in [0, 0.1) is 0 Å². The normalized spacial score (nSPS) is 18.4. The van der Waals surface area contributed by atoms with Crippen molar-refractivity contribution in [3.05, 3.63) is 77.4 Å². The van der Waals surface area contributed by atoms with Crippen LogP contribution in [0.1, 0.15) is 31.9 Å². The van der Waals surface area contributed by atoms with Crippen LogP contribution < -0.4 is 4.74 Å². The minimum atomic E-state index is -0.357. The summed E-state index contributed by atoms with van der Waals surface area (Å²) in [6.45, 7) is 6.38. The van der Waals surface area contributed by atoms with E-state index >= 15 is 0 Å². The Labute approximate surface area is 126 Å². The number of allylic oxidation sites excluding steroid dienone is 1. The van der Waals surface area contributed by atoms with Gasteiger partial charge >= 0.3 is 0 Å². The quantitative estimate of drug-likeness (QED) is 0.682. The highest BCUT2D eigenvalue weighted by molar-refractivity contribution is 5.75. The zero-order valence-corrected chi connectivity index (χ0v) is 12.8. The van der Waals surface area contributed by atoms with Crippen LogP contribution in [0.3, 0.4) is 0 Å². The third-order valence-corrected chi connectivity index (χ3v) is 3.87. The van der Waals surface area contributed by atoms with Crippen LogP contribution in [-0.4, -0.2) is 5.60 Å². The van der Waals surface area contributed by atoms with Gasteiger partial charge in [0.15, 0.2) is 0 Å². The Hall–Kier alpha value is -2.28. The Kier molecular flexibility index (Phi) is 3.42. The summed E-state index contributed by atoms with van der Waals surface area (Å²) in [4.78, 5) is 0. The first-order valence-electron chi connectivity index (χ1n) is 7.30. The van der Waals surface area contributed by atoms with Crippen LogP contribution in [-0.2, 0) is 0 Å². The molecular formula is C20H20O. The van der Waals surface area contributed by atoms with Gasteiger partial charge in [-0.2, -0.15) is 0 Å². The minimum absolute atomic E-state index is 0.357. The molecule has 0 N–H and O–H groups in total. The molecule has 1 heterocycles. The summed E-state index contributed by atoms with van der Waals surface area (Å²) in [6.07, 6.45) is 4.44. The molecule has 2 aromatic rings. The fraction of sp³-hybridized carbons (Fsp3) is 0.200. The maximum absolute atomic E-state index is 6.28. The first-order chi connectivity index (χ1) is 10.1. The molecule has 0 bridgehead atoms. The van der Waals surface area contributed by atoms with Crippen molar-refractivity contribution in [2.24, 2.45) is 0 Å². The van der Waals surface area contributed by atoms with Gasteiger partial charge in [-0.25, -0.2) is 0 Å². The standard InChI is InChI=1S/C20H20O/c1-15-13-17(14-16-9-5-4-6-10-16)20(2,3)21-19-12-8-7-11-18(15)19/h4-14H,1-3H3/b17-14+. The maximum atomic E-state index is 6.28. The molecule has 0 atom stereocenters. The van der Waals surface area contributed by atoms with E-state index < -0.39 is 0 Å². The van der Waals surface area contributed by atoms with Crippen LogP contribution in [0.4, 0.5) is 0 Å². The second-order valence-electron chi connectivity index (χ2n) is 5.95. The van der Waals surface area contributed by atoms with E-state index in [1.54, 1.807) is 0 Å². The highest BCUT2D eigenvalue weighted by Crippen LogP contribution is 2.37. The lowest BCUT2D eigenvalue weighted by atomic mass is 9.93. The molecular weight excluding hydrogens is 256 g/mol. The Bertz CT molecular complexity index is 706. The SMILES string of the molecule is CC1=C/C(=C\c2ccccc2)C(C)(C)Oc2ccccc21. The largest absolute Gasteiger partial charge is 0.483 e. The van der Waals surface area contributed by atoms with E-state index in [1.165, 1.54) is 22.3 Å². The lowest BCUT2D eigenvalue weighted by Crippen LogP contribution is -2.29. The van der Waals surface area contributed by atoms with Gasteiger partial charge in [-0.15, -0.1) is 0 Å². The van der Waals surface area contributed by atoms with Crippen LogP contribution in [0.2, 0.25) is 0 Å². The van der Waals surface area contributed by atoms with E-state index in [4.69, 9.17) is 4.74 Å². The molecule has 0 saturated carbocycles. The Morgan fingerprint density at radius 3 is 2.33 bits per heavy atom. The molecule has 0 aromatic heterocycles. The number of hydrogen-bond donors (Lipinski definition) is 0. The predicted molar refractivity (Wildman–Crippen MR) is 89.2 cm³/mol. The lowest BCUT2D eigenvalue weighted by Gasteiger charge is -2.27. The average Bonchev–Trinajstić information content (AvgIpc) is 2.56. The van der Waals surface area contributed by atoms with E-state index in [1.807, 2.05) is 18.2 Å². The Morgan fingerprint density at radius 1 is 0.905 bits per heavy atom. The van der Waals surface area contributed by atoms with Gasteiger partial charge in [0, 0.05) is 5.56 Å². The summed E-state index contributed by atoms with van der Waals surface area (Å²) in [6, 6.07) is 18.6. The molecule has 0 radical (unpaired) electrons. The predicted octanol–water partition coefficient (Wildman–Crippen LogP) is 5.34. The van der Waals surface area contributed by atoms with Gasteiger partial charge in [0.1, 0.15) is 11.4 Å². The number of hydrogen-bond acceptors (Lipinski definition) is 1. The monoisotopic (exact) mass is 276 g/mol. The van der Waals surface area contributed by atoms with Crippen LogP contribution in [0.5, 0.6) is 5.75 Å². The molecule has 1 aliphatic heterocycles. The van der Waals surface area contributed by atoms with Crippen LogP contribution in [0.15, 0.2) is 66.2 Å². The van der Waals surface area contributed by atoms with Crippen molar-refractivity contribution in [1.82, 2.24) is 0 Å². The first-order valence-corrected chi connectivity index (χ1v) is 7.30. The molecule has 1 aliphatic rings. The summed E-state index contributed by atoms with van der Waals surface area (Å²) in [5.41, 5.74) is 4.42. The molecule has 106 valence electrons. The van der Waals surface area contributed by atoms with Gasteiger partial charge in [-0.1, -0.05) is 54.6 Å². The van der Waals surface area contributed by atoms with Gasteiger partial charge in [-0.05, 0) is 49.6 Å². The van der Waals surface area contributed by atoms with Gasteiger partial charge in [-0.3, -0.25) is 0 Å². The number of fused-ring (bicyclic) bond motifs is 1. The van der Waals surface area contributed by atoms with Crippen molar-refractivity contribution >= 4 is 11.6 Å². The highest BCUT2D eigenvalue weighted by atomic mass is 16.5. The maximum Gasteiger partial charge on any atom is 0.128 e. The zero-order valence-electron chi connectivity index (χ0n) is 12.8. The second kappa shape index (κ2) is 5.25. The molecule has 1 heteroatoms. The number of para-hydroxylation sites is 1. The molecule has 3 rings (SSSR count). The highest BCUT2D eigenvalue weighted by Gasteiger charge is 2.28. The average molecular weight is 276 g/mol.